The number of hydrogen-bond acceptors (Lipinski definition) is 4. The van der Waals surface area contributed by atoms with E-state index in [9.17, 15) is 4.79 Å². The molecule has 2 aliphatic rings. The summed E-state index contributed by atoms with van der Waals surface area (Å²) in [7, 11) is 2.19. The number of furan rings is 1. The number of carbonyl (C=O) groups is 1. The maximum Gasteiger partial charge on any atom is 0.338 e. The van der Waals surface area contributed by atoms with E-state index in [0.717, 1.165) is 34.8 Å². The molecule has 1 aromatic heterocycles. The van der Waals surface area contributed by atoms with Gasteiger partial charge in [0.15, 0.2) is 0 Å². The Kier molecular flexibility index (Phi) is 3.35. The molecule has 3 aromatic rings. The first-order valence-corrected chi connectivity index (χ1v) is 9.03. The van der Waals surface area contributed by atoms with Gasteiger partial charge >= 0.3 is 5.97 Å². The number of esters is 1. The van der Waals surface area contributed by atoms with Gasteiger partial charge in [0.25, 0.3) is 0 Å². The zero-order valence-electron chi connectivity index (χ0n) is 14.3. The minimum Gasteiger partial charge on any atom is -0.459 e. The molecule has 25 heavy (non-hydrogen) atoms. The number of rotatable bonds is 2. The van der Waals surface area contributed by atoms with E-state index in [0.29, 0.717) is 17.6 Å². The van der Waals surface area contributed by atoms with Crippen LogP contribution in [0.25, 0.3) is 21.9 Å². The molecule has 128 valence electrons. The molecule has 2 saturated heterocycles. The molecule has 0 N–H and O–H groups in total. The van der Waals surface area contributed by atoms with Crippen LogP contribution in [0.5, 0.6) is 0 Å². The molecule has 0 spiro atoms. The van der Waals surface area contributed by atoms with E-state index in [1.807, 2.05) is 36.4 Å². The maximum absolute atomic E-state index is 12.6. The van der Waals surface area contributed by atoms with Crippen LogP contribution in [0.3, 0.4) is 0 Å². The molecule has 4 heteroatoms. The molecule has 2 aliphatic heterocycles. The molecule has 2 bridgehead atoms. The van der Waals surface area contributed by atoms with Crippen molar-refractivity contribution in [3.63, 3.8) is 0 Å². The molecule has 0 aliphatic carbocycles. The van der Waals surface area contributed by atoms with Gasteiger partial charge < -0.3 is 14.1 Å². The Bertz CT molecular complexity index is 946. The number of benzene rings is 2. The number of para-hydroxylation sites is 1. The lowest BCUT2D eigenvalue weighted by atomic mass is 10.0. The number of nitrogens with zero attached hydrogens (tertiary/aromatic N) is 1. The number of carbonyl (C=O) groups excluding carboxylic acids is 1. The molecule has 2 fully saturated rings. The van der Waals surface area contributed by atoms with E-state index in [1.165, 1.54) is 12.8 Å². The van der Waals surface area contributed by atoms with E-state index in [1.54, 1.807) is 6.07 Å². The topological polar surface area (TPSA) is 42.7 Å². The van der Waals surface area contributed by atoms with Crippen LogP contribution < -0.4 is 0 Å². The van der Waals surface area contributed by atoms with Crippen molar-refractivity contribution in [2.24, 2.45) is 0 Å². The second kappa shape index (κ2) is 5.60. The van der Waals surface area contributed by atoms with Gasteiger partial charge in [0, 0.05) is 35.7 Å². The van der Waals surface area contributed by atoms with Gasteiger partial charge in [-0.3, -0.25) is 0 Å². The Balaban J connectivity index is 1.39. The maximum atomic E-state index is 12.6. The van der Waals surface area contributed by atoms with Gasteiger partial charge in [0.1, 0.15) is 17.3 Å². The summed E-state index contributed by atoms with van der Waals surface area (Å²) in [5.74, 6) is -0.240. The summed E-state index contributed by atoms with van der Waals surface area (Å²) in [6, 6.07) is 14.7. The summed E-state index contributed by atoms with van der Waals surface area (Å²) in [6.45, 7) is 0. The molecule has 0 amide bonds. The Hall–Kier alpha value is -2.33. The highest BCUT2D eigenvalue weighted by Gasteiger charge is 2.39. The summed E-state index contributed by atoms with van der Waals surface area (Å²) in [5, 5.41) is 2.11. The molecule has 4 nitrogen and oxygen atoms in total. The SMILES string of the molecule is CN1[C@@H]2CC[C@H]1CC(OC(=O)c1ccc3c(c1)oc1ccccc13)C2. The van der Waals surface area contributed by atoms with Gasteiger partial charge in [-0.15, -0.1) is 0 Å². The van der Waals surface area contributed by atoms with Gasteiger partial charge in [-0.25, -0.2) is 4.79 Å². The van der Waals surface area contributed by atoms with Crippen molar-refractivity contribution in [1.82, 2.24) is 4.90 Å². The average molecular weight is 335 g/mol. The Labute approximate surface area is 146 Å². The molecule has 0 saturated carbocycles. The predicted molar refractivity (Wildman–Crippen MR) is 96.7 cm³/mol. The molecule has 3 atom stereocenters. The molecular weight excluding hydrogens is 314 g/mol. The lowest BCUT2D eigenvalue weighted by Gasteiger charge is -2.35. The van der Waals surface area contributed by atoms with E-state index in [2.05, 4.69) is 11.9 Å². The zero-order valence-corrected chi connectivity index (χ0v) is 14.3. The van der Waals surface area contributed by atoms with Crippen molar-refractivity contribution in [2.45, 2.75) is 43.9 Å². The van der Waals surface area contributed by atoms with Crippen molar-refractivity contribution in [3.8, 4) is 0 Å². The fraction of sp³-hybridized carbons (Fsp3) is 0.381. The van der Waals surface area contributed by atoms with Gasteiger partial charge in [0.05, 0.1) is 5.56 Å². The van der Waals surface area contributed by atoms with Crippen LogP contribution in [0.1, 0.15) is 36.0 Å². The smallest absolute Gasteiger partial charge is 0.338 e. The van der Waals surface area contributed by atoms with E-state index in [-0.39, 0.29) is 12.1 Å². The van der Waals surface area contributed by atoms with Crippen molar-refractivity contribution < 1.29 is 13.9 Å². The Morgan fingerprint density at radius 3 is 2.56 bits per heavy atom. The summed E-state index contributed by atoms with van der Waals surface area (Å²) < 4.78 is 11.7. The third kappa shape index (κ3) is 2.44. The molecule has 1 unspecified atom stereocenters. The summed E-state index contributed by atoms with van der Waals surface area (Å²) in [5.41, 5.74) is 2.15. The molecule has 3 heterocycles. The quantitative estimate of drug-likeness (QED) is 0.652. The zero-order chi connectivity index (χ0) is 17.0. The number of piperidine rings is 1. The number of fused-ring (bicyclic) bond motifs is 5. The van der Waals surface area contributed by atoms with Crippen LogP contribution in [-0.2, 0) is 4.74 Å². The van der Waals surface area contributed by atoms with Crippen LogP contribution in [-0.4, -0.2) is 36.1 Å². The predicted octanol–water partition coefficient (Wildman–Crippen LogP) is 4.37. The average Bonchev–Trinajstić information content (AvgIpc) is 3.07. The first-order chi connectivity index (χ1) is 12.2. The van der Waals surface area contributed by atoms with Gasteiger partial charge in [-0.2, -0.15) is 0 Å². The summed E-state index contributed by atoms with van der Waals surface area (Å²) in [6.07, 6.45) is 4.38. The lowest BCUT2D eigenvalue weighted by molar-refractivity contribution is -0.000445. The van der Waals surface area contributed by atoms with Gasteiger partial charge in [-0.1, -0.05) is 18.2 Å². The third-order valence-electron chi connectivity index (χ3n) is 5.94. The van der Waals surface area contributed by atoms with Crippen LogP contribution in [0, 0.1) is 0 Å². The second-order valence-corrected chi connectivity index (χ2v) is 7.36. The van der Waals surface area contributed by atoms with Crippen molar-refractivity contribution in [1.29, 1.82) is 0 Å². The highest BCUT2D eigenvalue weighted by atomic mass is 16.5. The standard InChI is InChI=1S/C21H21NO3/c1-22-14-7-8-15(22)12-16(11-14)24-21(23)13-6-9-18-17-4-2-3-5-19(17)25-20(18)10-13/h2-6,9-10,14-16H,7-8,11-12H2,1H3/t14-,15+,16?. The monoisotopic (exact) mass is 335 g/mol. The first kappa shape index (κ1) is 15.0. The second-order valence-electron chi connectivity index (χ2n) is 7.36. The Morgan fingerprint density at radius 1 is 1.04 bits per heavy atom. The highest BCUT2D eigenvalue weighted by Crippen LogP contribution is 2.36. The fourth-order valence-electron chi connectivity index (χ4n) is 4.53. The first-order valence-electron chi connectivity index (χ1n) is 9.03. The van der Waals surface area contributed by atoms with Crippen molar-refractivity contribution in [2.75, 3.05) is 7.05 Å². The van der Waals surface area contributed by atoms with Gasteiger partial charge in [-0.05, 0) is 44.2 Å². The molecule has 0 radical (unpaired) electrons. The van der Waals surface area contributed by atoms with E-state index >= 15 is 0 Å². The van der Waals surface area contributed by atoms with Crippen LogP contribution in [0.15, 0.2) is 46.9 Å². The van der Waals surface area contributed by atoms with Gasteiger partial charge in [0.2, 0.25) is 0 Å². The van der Waals surface area contributed by atoms with E-state index < -0.39 is 0 Å². The molecular formula is C21H21NO3. The minimum absolute atomic E-state index is 0.0348. The third-order valence-corrected chi connectivity index (χ3v) is 5.94. The normalized spacial score (nSPS) is 26.4. The largest absolute Gasteiger partial charge is 0.459 e. The minimum atomic E-state index is -0.240. The summed E-state index contributed by atoms with van der Waals surface area (Å²) in [4.78, 5) is 15.1. The van der Waals surface area contributed by atoms with Crippen LogP contribution in [0.4, 0.5) is 0 Å². The number of hydrogen-bond donors (Lipinski definition) is 0. The van der Waals surface area contributed by atoms with Crippen molar-refractivity contribution >= 4 is 27.9 Å². The fourth-order valence-corrected chi connectivity index (χ4v) is 4.53. The Morgan fingerprint density at radius 2 is 1.76 bits per heavy atom. The molecule has 5 rings (SSSR count). The van der Waals surface area contributed by atoms with Crippen molar-refractivity contribution in [3.05, 3.63) is 48.0 Å². The summed E-state index contributed by atoms with van der Waals surface area (Å²) >= 11 is 0. The highest BCUT2D eigenvalue weighted by molar-refractivity contribution is 6.06. The van der Waals surface area contributed by atoms with E-state index in [4.69, 9.17) is 9.15 Å². The number of ether oxygens (including phenoxy) is 1. The van der Waals surface area contributed by atoms with Crippen LogP contribution in [0.2, 0.25) is 0 Å². The lowest BCUT2D eigenvalue weighted by Crippen LogP contribution is -2.43. The van der Waals surface area contributed by atoms with Crippen LogP contribution >= 0.6 is 0 Å². The molecule has 2 aromatic carbocycles.